The summed E-state index contributed by atoms with van der Waals surface area (Å²) in [4.78, 5) is 18.0. The van der Waals surface area contributed by atoms with Gasteiger partial charge in [0.1, 0.15) is 5.52 Å². The van der Waals surface area contributed by atoms with Crippen LogP contribution < -0.4 is 10.2 Å². The average Bonchev–Trinajstić information content (AvgIpc) is 3.17. The summed E-state index contributed by atoms with van der Waals surface area (Å²) in [6.07, 6.45) is 2.59. The van der Waals surface area contributed by atoms with Crippen LogP contribution in [0.25, 0.3) is 22.2 Å². The van der Waals surface area contributed by atoms with Crippen molar-refractivity contribution in [3.05, 3.63) is 41.5 Å². The zero-order valence-corrected chi connectivity index (χ0v) is 17.9. The second kappa shape index (κ2) is 7.43. The summed E-state index contributed by atoms with van der Waals surface area (Å²) in [6, 6.07) is 9.67. The van der Waals surface area contributed by atoms with E-state index in [2.05, 4.69) is 22.3 Å². The summed E-state index contributed by atoms with van der Waals surface area (Å²) >= 11 is 0. The van der Waals surface area contributed by atoms with Crippen molar-refractivity contribution < 1.29 is 9.32 Å². The Bertz CT molecular complexity index is 1120. The first-order valence-electron chi connectivity index (χ1n) is 10.8. The minimum atomic E-state index is 0.0331. The number of ketones is 1. The second-order valence-corrected chi connectivity index (χ2v) is 8.80. The molecular formula is C24H28N4O2. The zero-order valence-electron chi connectivity index (χ0n) is 17.9. The number of nitrogens with zero attached hydrogens (tertiary/aromatic N) is 3. The average molecular weight is 405 g/mol. The van der Waals surface area contributed by atoms with E-state index in [-0.39, 0.29) is 5.78 Å². The third kappa shape index (κ3) is 3.06. The topological polar surface area (TPSA) is 61.6 Å². The molecule has 2 aliphatic rings. The van der Waals surface area contributed by atoms with Gasteiger partial charge in [0.05, 0.1) is 16.6 Å². The number of anilines is 2. The van der Waals surface area contributed by atoms with Crippen LogP contribution in [0.15, 0.2) is 34.9 Å². The molecule has 1 aliphatic heterocycles. The van der Waals surface area contributed by atoms with Gasteiger partial charge in [0.15, 0.2) is 11.5 Å². The number of carbonyl (C=O) groups is 1. The fourth-order valence-electron chi connectivity index (χ4n) is 4.86. The zero-order chi connectivity index (χ0) is 20.8. The smallest absolute Gasteiger partial charge is 0.196 e. The van der Waals surface area contributed by atoms with Crippen molar-refractivity contribution in [1.82, 2.24) is 10.1 Å². The van der Waals surface area contributed by atoms with Crippen LogP contribution in [0.4, 0.5) is 11.4 Å². The molecule has 1 unspecified atom stereocenters. The predicted molar refractivity (Wildman–Crippen MR) is 121 cm³/mol. The molecule has 1 fully saturated rings. The molecule has 1 atom stereocenters. The molecule has 0 bridgehead atoms. The van der Waals surface area contributed by atoms with Gasteiger partial charge in [0, 0.05) is 50.5 Å². The predicted octanol–water partition coefficient (Wildman–Crippen LogP) is 4.25. The highest BCUT2D eigenvalue weighted by atomic mass is 16.5. The monoisotopic (exact) mass is 404 g/mol. The Kier molecular flexibility index (Phi) is 4.74. The van der Waals surface area contributed by atoms with E-state index in [1.54, 1.807) is 0 Å². The Hall–Kier alpha value is -2.86. The molecule has 2 aromatic carbocycles. The number of aromatic nitrogens is 1. The molecule has 5 rings (SSSR count). The molecular weight excluding hydrogens is 376 g/mol. The summed E-state index contributed by atoms with van der Waals surface area (Å²) < 4.78 is 5.76. The van der Waals surface area contributed by atoms with E-state index >= 15 is 0 Å². The van der Waals surface area contributed by atoms with Crippen molar-refractivity contribution in [2.75, 3.05) is 50.5 Å². The Balaban J connectivity index is 1.54. The van der Waals surface area contributed by atoms with E-state index in [4.69, 9.17) is 4.52 Å². The van der Waals surface area contributed by atoms with Crippen molar-refractivity contribution >= 4 is 28.1 Å². The molecule has 6 nitrogen and oxygen atoms in total. The van der Waals surface area contributed by atoms with Crippen LogP contribution in [-0.2, 0) is 0 Å². The Morgan fingerprint density at radius 3 is 2.83 bits per heavy atom. The number of likely N-dealkylation sites (tertiary alicyclic amines) is 1. The normalized spacial score (nSPS) is 18.5. The second-order valence-electron chi connectivity index (χ2n) is 8.80. The van der Waals surface area contributed by atoms with Gasteiger partial charge >= 0.3 is 0 Å². The molecule has 0 radical (unpaired) electrons. The van der Waals surface area contributed by atoms with E-state index in [0.29, 0.717) is 16.9 Å². The van der Waals surface area contributed by atoms with Gasteiger partial charge in [-0.2, -0.15) is 0 Å². The van der Waals surface area contributed by atoms with E-state index in [1.807, 2.05) is 49.3 Å². The Morgan fingerprint density at radius 1 is 1.27 bits per heavy atom. The molecule has 1 aromatic heterocycles. The fourth-order valence-corrected chi connectivity index (χ4v) is 4.86. The minimum Gasteiger partial charge on any atom is -0.383 e. The lowest BCUT2D eigenvalue weighted by atomic mass is 9.86. The van der Waals surface area contributed by atoms with Gasteiger partial charge in [-0.1, -0.05) is 36.3 Å². The molecule has 30 heavy (non-hydrogen) atoms. The Morgan fingerprint density at radius 2 is 2.07 bits per heavy atom. The maximum Gasteiger partial charge on any atom is 0.196 e. The van der Waals surface area contributed by atoms with Crippen molar-refractivity contribution in [1.29, 1.82) is 0 Å². The maximum atomic E-state index is 13.5. The van der Waals surface area contributed by atoms with E-state index in [9.17, 15) is 4.79 Å². The van der Waals surface area contributed by atoms with E-state index < -0.39 is 0 Å². The van der Waals surface area contributed by atoms with Crippen LogP contribution in [0.2, 0.25) is 0 Å². The number of hydrogen-bond acceptors (Lipinski definition) is 6. The van der Waals surface area contributed by atoms with Gasteiger partial charge in [0.2, 0.25) is 0 Å². The maximum absolute atomic E-state index is 13.5. The van der Waals surface area contributed by atoms with Crippen LogP contribution in [-0.4, -0.2) is 56.1 Å². The number of nitrogens with one attached hydrogen (secondary N) is 1. The molecule has 0 saturated carbocycles. The molecule has 1 aliphatic carbocycles. The highest BCUT2D eigenvalue weighted by molar-refractivity contribution is 6.28. The van der Waals surface area contributed by atoms with E-state index in [0.717, 1.165) is 59.9 Å². The van der Waals surface area contributed by atoms with Gasteiger partial charge in [-0.25, -0.2) is 0 Å². The first-order chi connectivity index (χ1) is 14.5. The van der Waals surface area contributed by atoms with Crippen LogP contribution in [0.1, 0.15) is 35.7 Å². The first-order valence-corrected chi connectivity index (χ1v) is 10.8. The summed E-state index contributed by atoms with van der Waals surface area (Å²) in [6.45, 7) is 6.40. The summed E-state index contributed by atoms with van der Waals surface area (Å²) in [5, 5.41) is 8.73. The van der Waals surface area contributed by atoms with Crippen LogP contribution in [0.5, 0.6) is 0 Å². The first kappa shape index (κ1) is 19.1. The van der Waals surface area contributed by atoms with Crippen LogP contribution >= 0.6 is 0 Å². The number of carbonyl (C=O) groups excluding carboxylic acids is 1. The lowest BCUT2D eigenvalue weighted by molar-refractivity contribution is 0.104. The van der Waals surface area contributed by atoms with Gasteiger partial charge in [-0.15, -0.1) is 0 Å². The van der Waals surface area contributed by atoms with Gasteiger partial charge in [-0.3, -0.25) is 4.79 Å². The standard InChI is InChI=1S/C24H28N4O2/c1-15-7-6-11-28(14-15)12-10-25-18-13-19(27(2)3)22-21-20(18)23(29)16-8-4-5-9-17(16)24(21)30-26-22/h4-5,8-9,13,15,25H,6-7,10-12,14H2,1-3H3. The molecule has 2 heterocycles. The number of fused-ring (bicyclic) bond motifs is 2. The quantitative estimate of drug-likeness (QED) is 0.537. The minimum absolute atomic E-state index is 0.0331. The highest BCUT2D eigenvalue weighted by Gasteiger charge is 2.33. The van der Waals surface area contributed by atoms with E-state index in [1.165, 1.54) is 12.8 Å². The van der Waals surface area contributed by atoms with Crippen molar-refractivity contribution in [3.8, 4) is 11.3 Å². The molecule has 156 valence electrons. The highest BCUT2D eigenvalue weighted by Crippen LogP contribution is 2.45. The number of benzene rings is 2. The number of hydrogen-bond donors (Lipinski definition) is 1. The SMILES string of the molecule is CC1CCCN(CCNc2cc(N(C)C)c3noc4c3c2C(=O)c2ccccc2-4)C1. The van der Waals surface area contributed by atoms with Crippen LogP contribution in [0, 0.1) is 5.92 Å². The van der Waals surface area contributed by atoms with Gasteiger partial charge in [0.25, 0.3) is 0 Å². The molecule has 1 N–H and O–H groups in total. The third-order valence-corrected chi connectivity index (χ3v) is 6.34. The van der Waals surface area contributed by atoms with Crippen molar-refractivity contribution in [2.45, 2.75) is 19.8 Å². The lowest BCUT2D eigenvalue weighted by Crippen LogP contribution is -2.37. The molecule has 0 amide bonds. The van der Waals surface area contributed by atoms with Crippen LogP contribution in [0.3, 0.4) is 0 Å². The number of rotatable bonds is 5. The summed E-state index contributed by atoms with van der Waals surface area (Å²) in [5.41, 5.74) is 4.72. The molecule has 6 heteroatoms. The molecule has 0 spiro atoms. The van der Waals surface area contributed by atoms with Gasteiger partial charge in [-0.05, 0) is 31.4 Å². The molecule has 1 saturated heterocycles. The lowest BCUT2D eigenvalue weighted by Gasteiger charge is -2.31. The van der Waals surface area contributed by atoms with Gasteiger partial charge < -0.3 is 19.6 Å². The summed E-state index contributed by atoms with van der Waals surface area (Å²) in [7, 11) is 3.98. The largest absolute Gasteiger partial charge is 0.383 e. The van der Waals surface area contributed by atoms with Crippen molar-refractivity contribution in [2.24, 2.45) is 5.92 Å². The molecule has 3 aromatic rings. The van der Waals surface area contributed by atoms with Crippen molar-refractivity contribution in [3.63, 3.8) is 0 Å². The third-order valence-electron chi connectivity index (χ3n) is 6.34. The Labute approximate surface area is 176 Å². The number of piperidine rings is 1. The summed E-state index contributed by atoms with van der Waals surface area (Å²) in [5.74, 6) is 1.48. The fraction of sp³-hybridized carbons (Fsp3) is 0.417.